The molecule has 45 heavy (non-hydrogen) atoms. The summed E-state index contributed by atoms with van der Waals surface area (Å²) in [6.07, 6.45) is 8.82. The number of hydrogen-bond donors (Lipinski definition) is 3. The van der Waals surface area contributed by atoms with Crippen molar-refractivity contribution in [3.8, 4) is 22.5 Å². The summed E-state index contributed by atoms with van der Waals surface area (Å²) in [6, 6.07) is 15.8. The van der Waals surface area contributed by atoms with Crippen molar-refractivity contribution in [1.29, 1.82) is 5.41 Å². The van der Waals surface area contributed by atoms with Crippen molar-refractivity contribution in [2.45, 2.75) is 89.4 Å². The summed E-state index contributed by atoms with van der Waals surface area (Å²) >= 11 is 0. The molecule has 2 aromatic heterocycles. The van der Waals surface area contributed by atoms with Gasteiger partial charge in [-0.2, -0.15) is 0 Å². The molecule has 236 valence electrons. The molecule has 0 aliphatic heterocycles. The third-order valence-electron chi connectivity index (χ3n) is 9.08. The SMILES string of the molecule is CCCc1nc(CC=N)n(C2CCC(OCC(O)C3CC3)CC2)c(=O)c1Cc1ccc(-c2ccccc2-c2noc(=O)[nH]2)cc1. The van der Waals surface area contributed by atoms with Crippen LogP contribution in [0, 0.1) is 11.3 Å². The Hall–Kier alpha value is -4.15. The van der Waals surface area contributed by atoms with Gasteiger partial charge in [0.05, 0.1) is 24.5 Å². The summed E-state index contributed by atoms with van der Waals surface area (Å²) in [4.78, 5) is 33.5. The van der Waals surface area contributed by atoms with E-state index in [0.29, 0.717) is 49.0 Å². The van der Waals surface area contributed by atoms with Crippen LogP contribution in [0.2, 0.25) is 0 Å². The van der Waals surface area contributed by atoms with E-state index in [1.54, 1.807) is 0 Å². The van der Waals surface area contributed by atoms with Crippen LogP contribution in [0.5, 0.6) is 0 Å². The van der Waals surface area contributed by atoms with Gasteiger partial charge in [-0.3, -0.25) is 18.9 Å². The molecule has 2 aliphatic carbocycles. The molecule has 4 aromatic rings. The van der Waals surface area contributed by atoms with Gasteiger partial charge in [0.1, 0.15) is 5.82 Å². The van der Waals surface area contributed by atoms with E-state index in [2.05, 4.69) is 17.1 Å². The zero-order chi connectivity index (χ0) is 31.3. The summed E-state index contributed by atoms with van der Waals surface area (Å²) in [5.41, 5.74) is 5.13. The van der Waals surface area contributed by atoms with Crippen molar-refractivity contribution in [2.75, 3.05) is 6.61 Å². The maximum atomic E-state index is 14.3. The Balaban J connectivity index is 1.24. The van der Waals surface area contributed by atoms with E-state index in [-0.39, 0.29) is 23.8 Å². The van der Waals surface area contributed by atoms with Gasteiger partial charge in [-0.1, -0.05) is 67.0 Å². The second kappa shape index (κ2) is 13.9. The fourth-order valence-electron chi connectivity index (χ4n) is 6.51. The van der Waals surface area contributed by atoms with Gasteiger partial charge < -0.3 is 15.3 Å². The van der Waals surface area contributed by atoms with Gasteiger partial charge in [0.2, 0.25) is 0 Å². The van der Waals surface area contributed by atoms with Gasteiger partial charge in [0.25, 0.3) is 5.56 Å². The van der Waals surface area contributed by atoms with Gasteiger partial charge in [-0.25, -0.2) is 9.78 Å². The predicted molar refractivity (Wildman–Crippen MR) is 172 cm³/mol. The van der Waals surface area contributed by atoms with Crippen LogP contribution in [0.3, 0.4) is 0 Å². The van der Waals surface area contributed by atoms with Crippen molar-refractivity contribution in [3.05, 3.63) is 92.1 Å². The fourth-order valence-corrected chi connectivity index (χ4v) is 6.51. The van der Waals surface area contributed by atoms with Crippen molar-refractivity contribution in [1.82, 2.24) is 19.7 Å². The van der Waals surface area contributed by atoms with E-state index in [1.165, 1.54) is 6.21 Å². The summed E-state index contributed by atoms with van der Waals surface area (Å²) < 4.78 is 12.6. The first-order valence-corrected chi connectivity index (χ1v) is 16.1. The summed E-state index contributed by atoms with van der Waals surface area (Å²) in [5.74, 6) is 0.826. The number of aromatic nitrogens is 4. The predicted octanol–water partition coefficient (Wildman–Crippen LogP) is 5.26. The molecule has 3 N–H and O–H groups in total. The average molecular weight is 612 g/mol. The molecule has 0 bridgehead atoms. The van der Waals surface area contributed by atoms with E-state index in [4.69, 9.17) is 19.7 Å². The number of benzene rings is 2. The van der Waals surface area contributed by atoms with Gasteiger partial charge in [-0.15, -0.1) is 0 Å². The number of aliphatic hydroxyl groups is 1. The van der Waals surface area contributed by atoms with Gasteiger partial charge >= 0.3 is 5.76 Å². The third-order valence-corrected chi connectivity index (χ3v) is 9.08. The number of aliphatic hydroxyl groups excluding tert-OH is 1. The quantitative estimate of drug-likeness (QED) is 0.175. The lowest BCUT2D eigenvalue weighted by molar-refractivity contribution is -0.0350. The van der Waals surface area contributed by atoms with Crippen LogP contribution in [0.1, 0.15) is 80.6 Å². The minimum Gasteiger partial charge on any atom is -0.390 e. The Morgan fingerprint density at radius 2 is 1.80 bits per heavy atom. The van der Waals surface area contributed by atoms with Crippen molar-refractivity contribution in [2.24, 2.45) is 5.92 Å². The zero-order valence-corrected chi connectivity index (χ0v) is 25.7. The van der Waals surface area contributed by atoms with Crippen LogP contribution < -0.4 is 11.3 Å². The average Bonchev–Trinajstić information content (AvgIpc) is 3.83. The largest absolute Gasteiger partial charge is 0.439 e. The maximum Gasteiger partial charge on any atom is 0.439 e. The molecule has 10 heteroatoms. The van der Waals surface area contributed by atoms with Crippen molar-refractivity contribution in [3.63, 3.8) is 0 Å². The molecule has 10 nitrogen and oxygen atoms in total. The van der Waals surface area contributed by atoms with E-state index < -0.39 is 5.76 Å². The van der Waals surface area contributed by atoms with Crippen LogP contribution in [0.4, 0.5) is 0 Å². The van der Waals surface area contributed by atoms with E-state index >= 15 is 0 Å². The first-order chi connectivity index (χ1) is 21.9. The van der Waals surface area contributed by atoms with E-state index in [1.807, 2.05) is 53.1 Å². The lowest BCUT2D eigenvalue weighted by Crippen LogP contribution is -2.36. The Bertz CT molecular complexity index is 1730. The van der Waals surface area contributed by atoms with Crippen LogP contribution in [0.25, 0.3) is 22.5 Å². The highest BCUT2D eigenvalue weighted by Crippen LogP contribution is 2.35. The van der Waals surface area contributed by atoms with Gasteiger partial charge in [0, 0.05) is 36.2 Å². The number of H-pyrrole nitrogens is 1. The lowest BCUT2D eigenvalue weighted by Gasteiger charge is -2.32. The molecule has 0 spiro atoms. The topological polar surface area (TPSA) is 147 Å². The molecule has 2 aliphatic rings. The number of aryl methyl sites for hydroxylation is 1. The van der Waals surface area contributed by atoms with Crippen LogP contribution in [-0.2, 0) is 24.0 Å². The molecule has 0 saturated heterocycles. The van der Waals surface area contributed by atoms with Crippen LogP contribution >= 0.6 is 0 Å². The molecular formula is C35H41N5O5. The summed E-state index contributed by atoms with van der Waals surface area (Å²) in [6.45, 7) is 2.48. The molecule has 2 heterocycles. The fraction of sp³-hybridized carbons (Fsp3) is 0.457. The smallest absolute Gasteiger partial charge is 0.390 e. The highest BCUT2D eigenvalue weighted by Gasteiger charge is 2.32. The number of ether oxygens (including phenoxy) is 1. The molecule has 2 fully saturated rings. The van der Waals surface area contributed by atoms with E-state index in [9.17, 15) is 14.7 Å². The number of nitrogens with one attached hydrogen (secondary N) is 2. The third kappa shape index (κ3) is 7.07. The highest BCUT2D eigenvalue weighted by atomic mass is 16.5. The molecule has 2 saturated carbocycles. The zero-order valence-electron chi connectivity index (χ0n) is 25.7. The Labute approximate surface area is 262 Å². The number of hydrogen-bond acceptors (Lipinski definition) is 8. The second-order valence-electron chi connectivity index (χ2n) is 12.3. The molecule has 2 aromatic carbocycles. The number of rotatable bonds is 13. The molecule has 0 amide bonds. The molecular weight excluding hydrogens is 570 g/mol. The van der Waals surface area contributed by atoms with Crippen LogP contribution in [-0.4, -0.2) is 49.8 Å². The second-order valence-corrected chi connectivity index (χ2v) is 12.3. The summed E-state index contributed by atoms with van der Waals surface area (Å²) in [7, 11) is 0. The van der Waals surface area contributed by atoms with Crippen molar-refractivity contribution >= 4 is 6.21 Å². The molecule has 0 radical (unpaired) electrons. The Morgan fingerprint density at radius 1 is 1.07 bits per heavy atom. The van der Waals surface area contributed by atoms with E-state index in [0.717, 1.165) is 72.9 Å². The molecule has 6 rings (SSSR count). The highest BCUT2D eigenvalue weighted by molar-refractivity contribution is 5.80. The van der Waals surface area contributed by atoms with Crippen molar-refractivity contribution < 1.29 is 14.4 Å². The maximum absolute atomic E-state index is 14.3. The lowest BCUT2D eigenvalue weighted by atomic mass is 9.91. The monoisotopic (exact) mass is 611 g/mol. The minimum atomic E-state index is -0.603. The normalized spacial score (nSPS) is 19.0. The number of nitrogens with zero attached hydrogens (tertiary/aromatic N) is 3. The number of aromatic amines is 1. The Morgan fingerprint density at radius 3 is 2.44 bits per heavy atom. The minimum absolute atomic E-state index is 0.00410. The first kappa shape index (κ1) is 30.9. The Kier molecular flexibility index (Phi) is 9.51. The molecule has 1 unspecified atom stereocenters. The summed E-state index contributed by atoms with van der Waals surface area (Å²) in [5, 5.41) is 21.9. The van der Waals surface area contributed by atoms with Gasteiger partial charge in [0.15, 0.2) is 5.82 Å². The first-order valence-electron chi connectivity index (χ1n) is 16.1. The standard InChI is InChI=1S/C35H41N5O5/c1-2-5-30-29(20-22-8-10-23(11-9-22)27-6-3-4-7-28(27)33-38-35(43)45-39-33)34(42)40(32(37-30)18-19-36)25-14-16-26(17-15-25)44-21-31(41)24-12-13-24/h3-4,6-11,19,24-26,31,36,41H,2,5,12-18,20-21H2,1H3,(H,38,39,43). The van der Waals surface area contributed by atoms with Crippen LogP contribution in [0.15, 0.2) is 62.6 Å². The molecule has 1 atom stereocenters. The van der Waals surface area contributed by atoms with Gasteiger partial charge in [-0.05, 0) is 67.6 Å².